The minimum absolute atomic E-state index is 0.131. The van der Waals surface area contributed by atoms with Crippen LogP contribution in [0.3, 0.4) is 0 Å². The number of hydrogen-bond donors (Lipinski definition) is 0. The van der Waals surface area contributed by atoms with Crippen molar-refractivity contribution in [3.63, 3.8) is 0 Å². The molecule has 0 bridgehead atoms. The summed E-state index contributed by atoms with van der Waals surface area (Å²) in [5.41, 5.74) is 0.908. The van der Waals surface area contributed by atoms with Crippen molar-refractivity contribution in [3.8, 4) is 0 Å². The summed E-state index contributed by atoms with van der Waals surface area (Å²) in [5, 5.41) is 12.0. The normalized spacial score (nSPS) is 11.9. The Labute approximate surface area is 183 Å². The molecule has 3 rings (SSSR count). The largest absolute Gasteiger partial charge is 0.298 e. The van der Waals surface area contributed by atoms with Crippen LogP contribution in [0.2, 0.25) is 10.0 Å². The van der Waals surface area contributed by atoms with Crippen LogP contribution in [0.15, 0.2) is 82.1 Å². The van der Waals surface area contributed by atoms with Crippen LogP contribution in [0.4, 0.5) is 17.1 Å². The molecule has 0 saturated heterocycles. The van der Waals surface area contributed by atoms with E-state index in [9.17, 15) is 18.5 Å². The van der Waals surface area contributed by atoms with Crippen LogP contribution in [-0.4, -0.2) is 19.2 Å². The Bertz CT molecular complexity index is 1170. The molecule has 0 heterocycles. The third kappa shape index (κ3) is 4.96. The molecule has 3 aromatic rings. The van der Waals surface area contributed by atoms with Crippen molar-refractivity contribution in [3.05, 3.63) is 93.0 Å². The molecule has 0 atom stereocenters. The van der Waals surface area contributed by atoms with E-state index in [2.05, 4.69) is 4.40 Å². The molecular formula is C20H15Cl2N3O4S. The topological polar surface area (TPSA) is 92.9 Å². The van der Waals surface area contributed by atoms with Crippen molar-refractivity contribution < 1.29 is 13.3 Å². The fourth-order valence-electron chi connectivity index (χ4n) is 2.73. The minimum Gasteiger partial charge on any atom is -0.298 e. The van der Waals surface area contributed by atoms with E-state index < -0.39 is 14.9 Å². The third-order valence-corrected chi connectivity index (χ3v) is 5.93. The fraction of sp³-hybridized carbons (Fsp3) is 0.0500. The fourth-order valence-corrected chi connectivity index (χ4v) is 4.04. The van der Waals surface area contributed by atoms with Gasteiger partial charge in [0.2, 0.25) is 0 Å². The summed E-state index contributed by atoms with van der Waals surface area (Å²) >= 11 is 11.9. The first kappa shape index (κ1) is 21.8. The Balaban J connectivity index is 2.09. The van der Waals surface area contributed by atoms with Crippen LogP contribution < -0.4 is 4.90 Å². The molecule has 0 aliphatic rings. The molecule has 0 amide bonds. The third-order valence-electron chi connectivity index (χ3n) is 4.07. The molecule has 0 N–H and O–H groups in total. The zero-order chi connectivity index (χ0) is 21.9. The van der Waals surface area contributed by atoms with Gasteiger partial charge in [-0.15, -0.1) is 4.40 Å². The maximum absolute atomic E-state index is 12.8. The number of anilines is 2. The molecule has 3 aromatic carbocycles. The summed E-state index contributed by atoms with van der Waals surface area (Å²) in [6.07, 6.45) is 0. The number of hydrogen-bond acceptors (Lipinski definition) is 4. The van der Waals surface area contributed by atoms with Crippen molar-refractivity contribution in [2.45, 2.75) is 11.8 Å². The number of amidine groups is 1. The monoisotopic (exact) mass is 463 g/mol. The van der Waals surface area contributed by atoms with E-state index in [1.165, 1.54) is 25.1 Å². The lowest BCUT2D eigenvalue weighted by Gasteiger charge is -2.24. The first-order chi connectivity index (χ1) is 14.2. The van der Waals surface area contributed by atoms with Gasteiger partial charge in [-0.2, -0.15) is 8.42 Å². The lowest BCUT2D eigenvalue weighted by atomic mass is 10.2. The lowest BCUT2D eigenvalue weighted by molar-refractivity contribution is -0.385. The molecule has 10 heteroatoms. The van der Waals surface area contributed by atoms with Gasteiger partial charge in [-0.1, -0.05) is 29.3 Å². The molecule has 0 aromatic heterocycles. The van der Waals surface area contributed by atoms with Crippen LogP contribution in [0, 0.1) is 10.1 Å². The number of halogens is 2. The van der Waals surface area contributed by atoms with Crippen molar-refractivity contribution >= 4 is 56.1 Å². The van der Waals surface area contributed by atoms with Crippen molar-refractivity contribution in [1.29, 1.82) is 0 Å². The second kappa shape index (κ2) is 8.83. The number of nitrogens with zero attached hydrogens (tertiary/aromatic N) is 3. The van der Waals surface area contributed by atoms with E-state index in [0.29, 0.717) is 21.4 Å². The van der Waals surface area contributed by atoms with Gasteiger partial charge in [-0.25, -0.2) is 0 Å². The van der Waals surface area contributed by atoms with Gasteiger partial charge in [0.1, 0.15) is 5.84 Å². The average Bonchev–Trinajstić information content (AvgIpc) is 2.71. The van der Waals surface area contributed by atoms with E-state index in [0.717, 1.165) is 6.07 Å². The van der Waals surface area contributed by atoms with Crippen LogP contribution >= 0.6 is 23.2 Å². The molecule has 0 fully saturated rings. The molecule has 0 saturated carbocycles. The van der Waals surface area contributed by atoms with Gasteiger partial charge in [-0.05, 0) is 61.5 Å². The lowest BCUT2D eigenvalue weighted by Crippen LogP contribution is -2.24. The maximum atomic E-state index is 12.8. The molecule has 7 nitrogen and oxygen atoms in total. The average molecular weight is 464 g/mol. The minimum atomic E-state index is -4.20. The highest BCUT2D eigenvalue weighted by Gasteiger charge is 2.20. The molecule has 0 radical (unpaired) electrons. The molecule has 0 spiro atoms. The Morgan fingerprint density at radius 2 is 1.43 bits per heavy atom. The predicted molar refractivity (Wildman–Crippen MR) is 118 cm³/mol. The van der Waals surface area contributed by atoms with Gasteiger partial charge >= 0.3 is 0 Å². The van der Waals surface area contributed by atoms with Crippen LogP contribution in [-0.2, 0) is 10.0 Å². The van der Waals surface area contributed by atoms with Gasteiger partial charge in [0, 0.05) is 33.6 Å². The SMILES string of the molecule is C/C(=N\S(=O)(=O)c1cccc([N+](=O)[O-])c1)N(c1ccc(Cl)cc1)c1ccc(Cl)cc1. The Morgan fingerprint density at radius 1 is 0.933 bits per heavy atom. The van der Waals surface area contributed by atoms with Gasteiger partial charge < -0.3 is 0 Å². The first-order valence-corrected chi connectivity index (χ1v) is 10.7. The Hall–Kier alpha value is -2.94. The highest BCUT2D eigenvalue weighted by Crippen LogP contribution is 2.29. The molecule has 0 aliphatic carbocycles. The highest BCUT2D eigenvalue weighted by molar-refractivity contribution is 7.90. The quantitative estimate of drug-likeness (QED) is 0.205. The van der Waals surface area contributed by atoms with Crippen molar-refractivity contribution in [2.24, 2.45) is 4.40 Å². The molecule has 154 valence electrons. The van der Waals surface area contributed by atoms with Crippen LogP contribution in [0.5, 0.6) is 0 Å². The Kier molecular flexibility index (Phi) is 6.40. The van der Waals surface area contributed by atoms with E-state index in [4.69, 9.17) is 23.2 Å². The van der Waals surface area contributed by atoms with Gasteiger partial charge in [0.25, 0.3) is 15.7 Å². The number of nitro benzene ring substituents is 1. The van der Waals surface area contributed by atoms with E-state index >= 15 is 0 Å². The van der Waals surface area contributed by atoms with E-state index in [1.54, 1.807) is 53.4 Å². The number of sulfonamides is 1. The number of non-ortho nitro benzene ring substituents is 1. The van der Waals surface area contributed by atoms with Gasteiger partial charge in [0.05, 0.1) is 9.82 Å². The first-order valence-electron chi connectivity index (χ1n) is 8.55. The Morgan fingerprint density at radius 3 is 1.90 bits per heavy atom. The van der Waals surface area contributed by atoms with Crippen molar-refractivity contribution in [2.75, 3.05) is 4.90 Å². The highest BCUT2D eigenvalue weighted by atomic mass is 35.5. The number of benzene rings is 3. The summed E-state index contributed by atoms with van der Waals surface area (Å²) in [7, 11) is -4.20. The number of nitro groups is 1. The summed E-state index contributed by atoms with van der Waals surface area (Å²) < 4.78 is 29.5. The molecule has 0 unspecified atom stereocenters. The second-order valence-electron chi connectivity index (χ2n) is 6.16. The zero-order valence-electron chi connectivity index (χ0n) is 15.6. The maximum Gasteiger partial charge on any atom is 0.284 e. The number of rotatable bonds is 5. The summed E-state index contributed by atoms with van der Waals surface area (Å²) in [6, 6.07) is 18.3. The van der Waals surface area contributed by atoms with Crippen molar-refractivity contribution in [1.82, 2.24) is 0 Å². The summed E-state index contributed by atoms with van der Waals surface area (Å²) in [4.78, 5) is 11.7. The van der Waals surface area contributed by atoms with Gasteiger partial charge in [0.15, 0.2) is 0 Å². The smallest absolute Gasteiger partial charge is 0.284 e. The predicted octanol–water partition coefficient (Wildman–Crippen LogP) is 5.85. The molecule has 30 heavy (non-hydrogen) atoms. The molecular weight excluding hydrogens is 449 g/mol. The molecule has 0 aliphatic heterocycles. The standard InChI is InChI=1S/C20H15Cl2N3O4S/c1-14(23-30(28,29)20-4-2-3-19(13-20)25(26)27)24(17-9-5-15(21)6-10-17)18-11-7-16(22)8-12-18/h2-13H,1H3/b23-14+. The summed E-state index contributed by atoms with van der Waals surface area (Å²) in [5.74, 6) is 0.131. The van der Waals surface area contributed by atoms with E-state index in [-0.39, 0.29) is 16.4 Å². The van der Waals surface area contributed by atoms with Crippen LogP contribution in [0.1, 0.15) is 6.92 Å². The van der Waals surface area contributed by atoms with E-state index in [1.807, 2.05) is 0 Å². The van der Waals surface area contributed by atoms with Crippen LogP contribution in [0.25, 0.3) is 0 Å². The summed E-state index contributed by atoms with van der Waals surface area (Å²) in [6.45, 7) is 1.53. The second-order valence-corrected chi connectivity index (χ2v) is 8.63. The zero-order valence-corrected chi connectivity index (χ0v) is 17.9. The van der Waals surface area contributed by atoms with Gasteiger partial charge in [-0.3, -0.25) is 15.0 Å².